The van der Waals surface area contributed by atoms with Crippen molar-refractivity contribution in [2.45, 2.75) is 58.3 Å². The van der Waals surface area contributed by atoms with Crippen LogP contribution >= 0.6 is 0 Å². The first-order valence-corrected chi connectivity index (χ1v) is 8.68. The number of carboxylic acids is 1. The Hall–Kier alpha value is -1.60. The predicted octanol–water partition coefficient (Wildman–Crippen LogP) is 2.42. The van der Waals surface area contributed by atoms with Crippen LogP contribution in [0, 0.1) is 11.7 Å². The van der Waals surface area contributed by atoms with Crippen LogP contribution in [0.4, 0.5) is 10.1 Å². The molecule has 2 saturated heterocycles. The second-order valence-electron chi connectivity index (χ2n) is 7.96. The molecule has 0 saturated carbocycles. The minimum Gasteiger partial charge on any atom is -0.481 e. The number of carbonyl (C=O) groups is 1. The molecule has 1 N–H and O–H groups in total. The molecule has 0 aliphatic carbocycles. The SMILES string of the molecule is CC1[C@@H](C(=O)O)CCN1c1ccc(B2OC(C)(C)C(C)(C)O2)c(F)c1. The van der Waals surface area contributed by atoms with E-state index in [-0.39, 0.29) is 6.04 Å². The molecule has 2 atom stereocenters. The van der Waals surface area contributed by atoms with E-state index in [4.69, 9.17) is 9.31 Å². The first-order valence-electron chi connectivity index (χ1n) is 8.68. The van der Waals surface area contributed by atoms with Crippen molar-refractivity contribution >= 4 is 24.2 Å². The van der Waals surface area contributed by atoms with E-state index < -0.39 is 36.0 Å². The van der Waals surface area contributed by atoms with E-state index >= 15 is 0 Å². The van der Waals surface area contributed by atoms with Gasteiger partial charge in [0.1, 0.15) is 5.82 Å². The minimum atomic E-state index is -0.802. The zero-order valence-electron chi connectivity index (χ0n) is 15.4. The van der Waals surface area contributed by atoms with Crippen molar-refractivity contribution < 1.29 is 23.6 Å². The van der Waals surface area contributed by atoms with Crippen molar-refractivity contribution in [2.24, 2.45) is 5.92 Å². The summed E-state index contributed by atoms with van der Waals surface area (Å²) >= 11 is 0. The maximum atomic E-state index is 14.7. The summed E-state index contributed by atoms with van der Waals surface area (Å²) < 4.78 is 26.6. The molecule has 1 aromatic carbocycles. The van der Waals surface area contributed by atoms with E-state index in [9.17, 15) is 14.3 Å². The van der Waals surface area contributed by atoms with Crippen molar-refractivity contribution in [2.75, 3.05) is 11.4 Å². The first-order chi connectivity index (χ1) is 11.5. The number of nitrogens with zero attached hydrogens (tertiary/aromatic N) is 1. The molecule has 2 heterocycles. The highest BCUT2D eigenvalue weighted by molar-refractivity contribution is 6.62. The Balaban J connectivity index is 1.82. The topological polar surface area (TPSA) is 59.0 Å². The molecule has 2 aliphatic rings. The summed E-state index contributed by atoms with van der Waals surface area (Å²) in [5.41, 5.74) is 0.0000881. The smallest absolute Gasteiger partial charge is 0.481 e. The normalized spacial score (nSPS) is 27.8. The molecule has 1 aromatic rings. The summed E-state index contributed by atoms with van der Waals surface area (Å²) in [6, 6.07) is 4.76. The Morgan fingerprint density at radius 3 is 2.36 bits per heavy atom. The standard InChI is InChI=1S/C18H25BFNO4/c1-11-13(16(22)23)8-9-21(11)12-6-7-14(15(20)10-12)19-24-17(2,3)18(4,5)25-19/h6-7,10-11,13H,8-9H2,1-5H3,(H,22,23)/t11?,13-/m0/s1. The zero-order chi connectivity index (χ0) is 18.6. The number of aliphatic carboxylic acids is 1. The molecule has 2 fully saturated rings. The second-order valence-corrected chi connectivity index (χ2v) is 7.96. The molecule has 0 amide bonds. The molecule has 25 heavy (non-hydrogen) atoms. The number of hydrogen-bond acceptors (Lipinski definition) is 4. The van der Waals surface area contributed by atoms with Crippen LogP contribution in [0.2, 0.25) is 0 Å². The molecule has 0 spiro atoms. The quantitative estimate of drug-likeness (QED) is 0.850. The van der Waals surface area contributed by atoms with Crippen LogP contribution in [0.3, 0.4) is 0 Å². The Labute approximate surface area is 148 Å². The molecular weight excluding hydrogens is 324 g/mol. The number of benzene rings is 1. The van der Waals surface area contributed by atoms with Gasteiger partial charge in [-0.2, -0.15) is 0 Å². The van der Waals surface area contributed by atoms with Gasteiger partial charge in [0.25, 0.3) is 0 Å². The summed E-state index contributed by atoms with van der Waals surface area (Å²) in [7, 11) is -0.748. The highest BCUT2D eigenvalue weighted by Gasteiger charge is 2.52. The molecule has 136 valence electrons. The summed E-state index contributed by atoms with van der Waals surface area (Å²) in [5.74, 6) is -1.63. The predicted molar refractivity (Wildman–Crippen MR) is 94.7 cm³/mol. The number of carboxylic acid groups (broad SMARTS) is 1. The van der Waals surface area contributed by atoms with Gasteiger partial charge in [0, 0.05) is 23.7 Å². The van der Waals surface area contributed by atoms with Gasteiger partial charge in [-0.3, -0.25) is 4.79 Å². The summed E-state index contributed by atoms with van der Waals surface area (Å²) in [6.07, 6.45) is 0.567. The monoisotopic (exact) mass is 349 g/mol. The maximum Gasteiger partial charge on any atom is 0.497 e. The van der Waals surface area contributed by atoms with Crippen LogP contribution in [0.1, 0.15) is 41.0 Å². The average Bonchev–Trinajstić information content (AvgIpc) is 2.96. The zero-order valence-corrected chi connectivity index (χ0v) is 15.4. The lowest BCUT2D eigenvalue weighted by Gasteiger charge is -2.32. The van der Waals surface area contributed by atoms with Crippen molar-refractivity contribution in [1.82, 2.24) is 0 Å². The van der Waals surface area contributed by atoms with Crippen molar-refractivity contribution in [3.8, 4) is 0 Å². The van der Waals surface area contributed by atoms with Gasteiger partial charge in [-0.1, -0.05) is 6.07 Å². The van der Waals surface area contributed by atoms with Gasteiger partial charge >= 0.3 is 13.1 Å². The molecule has 3 rings (SSSR count). The van der Waals surface area contributed by atoms with Gasteiger partial charge in [-0.25, -0.2) is 4.39 Å². The van der Waals surface area contributed by atoms with Crippen LogP contribution in [-0.2, 0) is 14.1 Å². The third-order valence-corrected chi connectivity index (χ3v) is 5.89. The first kappa shape index (κ1) is 18.2. The Kier molecular flexibility index (Phi) is 4.36. The van der Waals surface area contributed by atoms with Crippen molar-refractivity contribution in [3.63, 3.8) is 0 Å². The molecular formula is C18H25BFNO4. The molecule has 2 aliphatic heterocycles. The molecule has 1 unspecified atom stereocenters. The second kappa shape index (κ2) is 5.99. The van der Waals surface area contributed by atoms with Gasteiger partial charge in [0.2, 0.25) is 0 Å². The maximum absolute atomic E-state index is 14.7. The number of anilines is 1. The molecule has 0 aromatic heterocycles. The average molecular weight is 349 g/mol. The summed E-state index contributed by atoms with van der Waals surface area (Å²) in [6.45, 7) is 10.2. The van der Waals surface area contributed by atoms with Crippen LogP contribution in [0.25, 0.3) is 0 Å². The Bertz CT molecular complexity index is 678. The highest BCUT2D eigenvalue weighted by Crippen LogP contribution is 2.37. The minimum absolute atomic E-state index is 0.167. The van der Waals surface area contributed by atoms with Crippen LogP contribution in [0.15, 0.2) is 18.2 Å². The van der Waals surface area contributed by atoms with E-state index in [1.807, 2.05) is 45.6 Å². The Morgan fingerprint density at radius 2 is 1.88 bits per heavy atom. The van der Waals surface area contributed by atoms with Gasteiger partial charge in [-0.05, 0) is 53.2 Å². The Morgan fingerprint density at radius 1 is 1.28 bits per heavy atom. The fourth-order valence-electron chi connectivity index (χ4n) is 3.49. The third-order valence-electron chi connectivity index (χ3n) is 5.89. The summed E-state index contributed by atoms with van der Waals surface area (Å²) in [4.78, 5) is 13.2. The number of halogens is 1. The fraction of sp³-hybridized carbons (Fsp3) is 0.611. The number of rotatable bonds is 3. The molecule has 0 radical (unpaired) electrons. The van der Waals surface area contributed by atoms with Crippen molar-refractivity contribution in [3.05, 3.63) is 24.0 Å². The fourth-order valence-corrected chi connectivity index (χ4v) is 3.49. The summed E-state index contributed by atoms with van der Waals surface area (Å²) in [5, 5.41) is 9.25. The van der Waals surface area contributed by atoms with E-state index in [1.54, 1.807) is 6.07 Å². The van der Waals surface area contributed by atoms with Gasteiger partial charge < -0.3 is 19.3 Å². The van der Waals surface area contributed by atoms with E-state index in [0.717, 1.165) is 0 Å². The van der Waals surface area contributed by atoms with E-state index in [2.05, 4.69) is 0 Å². The lowest BCUT2D eigenvalue weighted by Crippen LogP contribution is -2.41. The lowest BCUT2D eigenvalue weighted by molar-refractivity contribution is -0.141. The van der Waals surface area contributed by atoms with Gasteiger partial charge in [0.15, 0.2) is 0 Å². The molecule has 5 nitrogen and oxygen atoms in total. The van der Waals surface area contributed by atoms with E-state index in [0.29, 0.717) is 24.1 Å². The van der Waals surface area contributed by atoms with Gasteiger partial charge in [0.05, 0.1) is 17.1 Å². The van der Waals surface area contributed by atoms with Gasteiger partial charge in [-0.15, -0.1) is 0 Å². The van der Waals surface area contributed by atoms with Crippen molar-refractivity contribution in [1.29, 1.82) is 0 Å². The highest BCUT2D eigenvalue weighted by atomic mass is 19.1. The lowest BCUT2D eigenvalue weighted by atomic mass is 9.78. The van der Waals surface area contributed by atoms with Crippen LogP contribution in [0.5, 0.6) is 0 Å². The molecule has 0 bridgehead atoms. The largest absolute Gasteiger partial charge is 0.497 e. The number of hydrogen-bond donors (Lipinski definition) is 1. The molecule has 7 heteroatoms. The van der Waals surface area contributed by atoms with E-state index in [1.165, 1.54) is 6.07 Å². The third kappa shape index (κ3) is 3.04. The van der Waals surface area contributed by atoms with Crippen LogP contribution < -0.4 is 10.4 Å². The van der Waals surface area contributed by atoms with Crippen LogP contribution in [-0.4, -0.2) is 42.0 Å².